The number of anilines is 1. The van der Waals surface area contributed by atoms with Gasteiger partial charge in [0.1, 0.15) is 0 Å². The van der Waals surface area contributed by atoms with E-state index in [4.69, 9.17) is 5.73 Å². The molecule has 3 heteroatoms. The smallest absolute Gasteiger partial charge is 0.0735 e. The van der Waals surface area contributed by atoms with Crippen molar-refractivity contribution in [3.05, 3.63) is 11.9 Å². The van der Waals surface area contributed by atoms with E-state index in [9.17, 15) is 0 Å². The lowest BCUT2D eigenvalue weighted by atomic mass is 10.2. The fourth-order valence-corrected chi connectivity index (χ4v) is 1.46. The molecule has 0 unspecified atom stereocenters. The van der Waals surface area contributed by atoms with Crippen LogP contribution in [0.4, 0.5) is 5.69 Å². The maximum Gasteiger partial charge on any atom is 0.0735 e. The number of aryl methyl sites for hydroxylation is 1. The fourth-order valence-electron chi connectivity index (χ4n) is 1.46. The monoisotopic (exact) mass is 151 g/mol. The normalized spacial score (nSPS) is 17.2. The Hall–Kier alpha value is -0.990. The summed E-state index contributed by atoms with van der Waals surface area (Å²) in [6.07, 6.45) is 4.34. The molecule has 0 aromatic carbocycles. The summed E-state index contributed by atoms with van der Waals surface area (Å²) in [4.78, 5) is 0. The van der Waals surface area contributed by atoms with Crippen molar-refractivity contribution >= 4 is 5.69 Å². The van der Waals surface area contributed by atoms with Gasteiger partial charge in [-0.05, 0) is 19.8 Å². The van der Waals surface area contributed by atoms with E-state index >= 15 is 0 Å². The van der Waals surface area contributed by atoms with Crippen LogP contribution in [-0.2, 0) is 6.54 Å². The van der Waals surface area contributed by atoms with E-state index in [1.807, 2.05) is 4.68 Å². The molecule has 0 saturated heterocycles. The minimum atomic E-state index is 0.706. The van der Waals surface area contributed by atoms with Crippen LogP contribution in [0.3, 0.4) is 0 Å². The van der Waals surface area contributed by atoms with Gasteiger partial charge in [0.2, 0.25) is 0 Å². The van der Waals surface area contributed by atoms with Gasteiger partial charge in [0.25, 0.3) is 0 Å². The molecule has 0 bridgehead atoms. The van der Waals surface area contributed by atoms with E-state index in [-0.39, 0.29) is 0 Å². The largest absolute Gasteiger partial charge is 0.396 e. The first-order valence-electron chi connectivity index (χ1n) is 4.14. The third-order valence-corrected chi connectivity index (χ3v) is 2.17. The minimum Gasteiger partial charge on any atom is -0.396 e. The highest BCUT2D eigenvalue weighted by Gasteiger charge is 2.28. The van der Waals surface area contributed by atoms with Crippen LogP contribution in [0.2, 0.25) is 0 Å². The highest BCUT2D eigenvalue weighted by atomic mass is 15.3. The molecule has 11 heavy (non-hydrogen) atoms. The summed E-state index contributed by atoms with van der Waals surface area (Å²) in [7, 11) is 0. The van der Waals surface area contributed by atoms with Gasteiger partial charge in [-0.1, -0.05) is 0 Å². The van der Waals surface area contributed by atoms with E-state index in [0.29, 0.717) is 5.92 Å². The number of hydrogen-bond acceptors (Lipinski definition) is 2. The summed E-state index contributed by atoms with van der Waals surface area (Å²) in [5.74, 6) is 0.706. The van der Waals surface area contributed by atoms with Crippen molar-refractivity contribution in [2.24, 2.45) is 0 Å². The molecular formula is C8H13N3. The molecule has 0 radical (unpaired) electrons. The van der Waals surface area contributed by atoms with Crippen molar-refractivity contribution in [1.82, 2.24) is 9.78 Å². The SMILES string of the molecule is CCn1ncc(N)c1C1CC1. The second kappa shape index (κ2) is 2.26. The maximum atomic E-state index is 5.77. The van der Waals surface area contributed by atoms with Crippen LogP contribution in [0.25, 0.3) is 0 Å². The van der Waals surface area contributed by atoms with Gasteiger partial charge in [-0.2, -0.15) is 5.10 Å². The molecule has 1 fully saturated rings. The molecule has 2 N–H and O–H groups in total. The summed E-state index contributed by atoms with van der Waals surface area (Å²) in [5.41, 5.74) is 7.90. The van der Waals surface area contributed by atoms with Crippen LogP contribution in [0.5, 0.6) is 0 Å². The molecule has 60 valence electrons. The molecule has 3 nitrogen and oxygen atoms in total. The third kappa shape index (κ3) is 1.00. The minimum absolute atomic E-state index is 0.706. The molecule has 0 amide bonds. The number of aromatic nitrogens is 2. The molecule has 1 heterocycles. The first kappa shape index (κ1) is 6.70. The van der Waals surface area contributed by atoms with E-state index in [0.717, 1.165) is 12.2 Å². The van der Waals surface area contributed by atoms with Gasteiger partial charge in [-0.15, -0.1) is 0 Å². The van der Waals surface area contributed by atoms with Gasteiger partial charge in [-0.25, -0.2) is 0 Å². The number of rotatable bonds is 2. The molecule has 0 spiro atoms. The highest BCUT2D eigenvalue weighted by Crippen LogP contribution is 2.42. The maximum absolute atomic E-state index is 5.77. The Balaban J connectivity index is 2.38. The Morgan fingerprint density at radius 1 is 1.73 bits per heavy atom. The van der Waals surface area contributed by atoms with Crippen LogP contribution < -0.4 is 5.73 Å². The van der Waals surface area contributed by atoms with Crippen LogP contribution in [0.15, 0.2) is 6.20 Å². The fraction of sp³-hybridized carbons (Fsp3) is 0.625. The highest BCUT2D eigenvalue weighted by molar-refractivity contribution is 5.44. The summed E-state index contributed by atoms with van der Waals surface area (Å²) in [6, 6.07) is 0. The van der Waals surface area contributed by atoms with Crippen LogP contribution in [0.1, 0.15) is 31.4 Å². The van der Waals surface area contributed by atoms with Crippen LogP contribution in [-0.4, -0.2) is 9.78 Å². The van der Waals surface area contributed by atoms with Gasteiger partial charge in [-0.3, -0.25) is 4.68 Å². The Kier molecular flexibility index (Phi) is 1.37. The lowest BCUT2D eigenvalue weighted by Crippen LogP contribution is -2.02. The second-order valence-electron chi connectivity index (χ2n) is 3.08. The van der Waals surface area contributed by atoms with Crippen molar-refractivity contribution < 1.29 is 0 Å². The molecular weight excluding hydrogens is 138 g/mol. The van der Waals surface area contributed by atoms with Crippen LogP contribution in [0, 0.1) is 0 Å². The zero-order chi connectivity index (χ0) is 7.84. The van der Waals surface area contributed by atoms with E-state index < -0.39 is 0 Å². The first-order chi connectivity index (χ1) is 5.33. The Morgan fingerprint density at radius 2 is 2.45 bits per heavy atom. The van der Waals surface area contributed by atoms with Crippen molar-refractivity contribution in [2.75, 3.05) is 5.73 Å². The van der Waals surface area contributed by atoms with Crippen molar-refractivity contribution in [1.29, 1.82) is 0 Å². The molecule has 1 aliphatic carbocycles. The van der Waals surface area contributed by atoms with Crippen molar-refractivity contribution in [2.45, 2.75) is 32.2 Å². The summed E-state index contributed by atoms with van der Waals surface area (Å²) in [6.45, 7) is 3.03. The Labute approximate surface area is 66.2 Å². The van der Waals surface area contributed by atoms with Gasteiger partial charge in [0.15, 0.2) is 0 Å². The Bertz CT molecular complexity index is 260. The van der Waals surface area contributed by atoms with Crippen molar-refractivity contribution in [3.63, 3.8) is 0 Å². The third-order valence-electron chi connectivity index (χ3n) is 2.17. The molecule has 2 rings (SSSR count). The summed E-state index contributed by atoms with van der Waals surface area (Å²) >= 11 is 0. The predicted molar refractivity (Wildman–Crippen MR) is 44.3 cm³/mol. The van der Waals surface area contributed by atoms with Gasteiger partial charge in [0, 0.05) is 12.5 Å². The van der Waals surface area contributed by atoms with Gasteiger partial charge >= 0.3 is 0 Å². The van der Waals surface area contributed by atoms with E-state index in [1.165, 1.54) is 18.5 Å². The molecule has 0 atom stereocenters. The summed E-state index contributed by atoms with van der Waals surface area (Å²) < 4.78 is 2.01. The average Bonchev–Trinajstić information content (AvgIpc) is 2.76. The lowest BCUT2D eigenvalue weighted by molar-refractivity contribution is 0.624. The molecule has 1 aromatic rings. The zero-order valence-electron chi connectivity index (χ0n) is 6.75. The number of nitrogens with two attached hydrogens (primary N) is 1. The van der Waals surface area contributed by atoms with Gasteiger partial charge in [0.05, 0.1) is 17.6 Å². The van der Waals surface area contributed by atoms with E-state index in [2.05, 4.69) is 12.0 Å². The predicted octanol–water partition coefficient (Wildman–Crippen LogP) is 1.36. The van der Waals surface area contributed by atoms with Crippen LogP contribution >= 0.6 is 0 Å². The number of nitrogens with zero attached hydrogens (tertiary/aromatic N) is 2. The molecule has 1 saturated carbocycles. The molecule has 1 aromatic heterocycles. The standard InChI is InChI=1S/C8H13N3/c1-2-11-8(6-3-4-6)7(9)5-10-11/h5-6H,2-4,9H2,1H3. The first-order valence-corrected chi connectivity index (χ1v) is 4.14. The van der Waals surface area contributed by atoms with Gasteiger partial charge < -0.3 is 5.73 Å². The topological polar surface area (TPSA) is 43.8 Å². The van der Waals surface area contributed by atoms with E-state index in [1.54, 1.807) is 6.20 Å². The zero-order valence-corrected chi connectivity index (χ0v) is 6.75. The Morgan fingerprint density at radius 3 is 3.00 bits per heavy atom. The summed E-state index contributed by atoms with van der Waals surface area (Å²) in [5, 5.41) is 4.19. The lowest BCUT2D eigenvalue weighted by Gasteiger charge is -2.02. The molecule has 0 aliphatic heterocycles. The second-order valence-corrected chi connectivity index (χ2v) is 3.08. The number of hydrogen-bond donors (Lipinski definition) is 1. The average molecular weight is 151 g/mol. The number of nitrogen functional groups attached to an aromatic ring is 1. The quantitative estimate of drug-likeness (QED) is 0.693. The molecule has 1 aliphatic rings. The van der Waals surface area contributed by atoms with Crippen molar-refractivity contribution in [3.8, 4) is 0 Å².